The molecule has 2 aromatic rings. The highest BCUT2D eigenvalue weighted by molar-refractivity contribution is 5.94. The number of carbonyl (C=O) groups is 1. The second-order valence-corrected chi connectivity index (χ2v) is 6.50. The molecule has 0 spiro atoms. The fraction of sp³-hybridized carbons (Fsp3) is 0.444. The van der Waals surface area contributed by atoms with Crippen molar-refractivity contribution in [3.63, 3.8) is 0 Å². The minimum atomic E-state index is -4.26. The van der Waals surface area contributed by atoms with E-state index >= 15 is 0 Å². The quantitative estimate of drug-likeness (QED) is 0.889. The normalized spacial score (nSPS) is 19.9. The van der Waals surface area contributed by atoms with Gasteiger partial charge < -0.3 is 9.84 Å². The van der Waals surface area contributed by atoms with Crippen LogP contribution in [0.3, 0.4) is 0 Å². The van der Waals surface area contributed by atoms with E-state index in [0.717, 1.165) is 0 Å². The summed E-state index contributed by atoms with van der Waals surface area (Å²) in [5.74, 6) is -1.07. The summed E-state index contributed by atoms with van der Waals surface area (Å²) in [6.07, 6.45) is -3.78. The first-order chi connectivity index (χ1) is 12.3. The number of benzene rings is 1. The molecule has 1 amide bonds. The van der Waals surface area contributed by atoms with Crippen LogP contribution in [-0.2, 0) is 4.79 Å². The maximum Gasteiger partial charge on any atom is 0.393 e. The Morgan fingerprint density at radius 3 is 2.69 bits per heavy atom. The van der Waals surface area contributed by atoms with E-state index in [1.165, 1.54) is 0 Å². The van der Waals surface area contributed by atoms with Crippen LogP contribution in [0.4, 0.5) is 19.0 Å². The van der Waals surface area contributed by atoms with Gasteiger partial charge in [-0.1, -0.05) is 35.5 Å². The third kappa shape index (κ3) is 4.24. The van der Waals surface area contributed by atoms with Crippen LogP contribution in [0.15, 0.2) is 40.9 Å². The van der Waals surface area contributed by atoms with Gasteiger partial charge in [0.15, 0.2) is 5.82 Å². The van der Waals surface area contributed by atoms with Crippen LogP contribution in [0.1, 0.15) is 30.2 Å². The molecule has 0 radical (unpaired) electrons. The van der Waals surface area contributed by atoms with Gasteiger partial charge in [0, 0.05) is 12.6 Å². The monoisotopic (exact) mass is 367 g/mol. The minimum absolute atomic E-state index is 0.0889. The molecular formula is C18H20F3N3O2. The Morgan fingerprint density at radius 1 is 1.35 bits per heavy atom. The second-order valence-electron chi connectivity index (χ2n) is 6.50. The van der Waals surface area contributed by atoms with Crippen molar-refractivity contribution >= 4 is 11.7 Å². The van der Waals surface area contributed by atoms with Crippen LogP contribution >= 0.6 is 0 Å². The van der Waals surface area contributed by atoms with Crippen LogP contribution < -0.4 is 5.32 Å². The Morgan fingerprint density at radius 2 is 2.08 bits per heavy atom. The van der Waals surface area contributed by atoms with Crippen LogP contribution in [0.2, 0.25) is 0 Å². The molecule has 1 aromatic carbocycles. The van der Waals surface area contributed by atoms with E-state index in [0.29, 0.717) is 24.3 Å². The molecule has 0 aliphatic carbocycles. The molecular weight excluding hydrogens is 347 g/mol. The summed E-state index contributed by atoms with van der Waals surface area (Å²) in [7, 11) is 0. The van der Waals surface area contributed by atoms with Crippen molar-refractivity contribution in [1.82, 2.24) is 10.1 Å². The zero-order valence-corrected chi connectivity index (χ0v) is 14.3. The highest BCUT2D eigenvalue weighted by Gasteiger charge is 2.44. The number of halogens is 3. The fourth-order valence-corrected chi connectivity index (χ4v) is 3.29. The molecule has 3 rings (SSSR count). The number of nitrogens with zero attached hydrogens (tertiary/aromatic N) is 2. The highest BCUT2D eigenvalue weighted by Crippen LogP contribution is 2.36. The average Bonchev–Trinajstić information content (AvgIpc) is 3.00. The molecule has 140 valence electrons. The van der Waals surface area contributed by atoms with Crippen molar-refractivity contribution in [3.8, 4) is 0 Å². The van der Waals surface area contributed by atoms with Gasteiger partial charge in [0.2, 0.25) is 5.91 Å². The standard InChI is InChI=1S/C18H20F3N3O2/c1-12-10-15(23-26-12)22-17(25)16(13-6-3-2-4-7-13)24-9-5-8-14(11-24)18(19,20)21/h2-4,6-7,10,14,16H,5,8-9,11H2,1H3,(H,22,23,25)/t14-,16+/m1/s1. The number of aromatic nitrogens is 1. The molecule has 26 heavy (non-hydrogen) atoms. The van der Waals surface area contributed by atoms with Crippen LogP contribution in [-0.4, -0.2) is 35.2 Å². The van der Waals surface area contributed by atoms with Crippen LogP contribution in [0.5, 0.6) is 0 Å². The molecule has 8 heteroatoms. The number of aryl methyl sites for hydroxylation is 1. The molecule has 5 nitrogen and oxygen atoms in total. The van der Waals surface area contributed by atoms with Gasteiger partial charge in [0.05, 0.1) is 5.92 Å². The first-order valence-electron chi connectivity index (χ1n) is 8.44. The van der Waals surface area contributed by atoms with E-state index in [1.54, 1.807) is 48.2 Å². The van der Waals surface area contributed by atoms with E-state index in [-0.39, 0.29) is 18.8 Å². The third-order valence-electron chi connectivity index (χ3n) is 4.52. The summed E-state index contributed by atoms with van der Waals surface area (Å²) in [4.78, 5) is 14.5. The van der Waals surface area contributed by atoms with Gasteiger partial charge in [-0.3, -0.25) is 9.69 Å². The van der Waals surface area contributed by atoms with Gasteiger partial charge in [-0.2, -0.15) is 13.2 Å². The predicted octanol–water partition coefficient (Wildman–Crippen LogP) is 3.94. The zero-order chi connectivity index (χ0) is 18.7. The highest BCUT2D eigenvalue weighted by atomic mass is 19.4. The van der Waals surface area contributed by atoms with Gasteiger partial charge in [0.25, 0.3) is 0 Å². The Balaban J connectivity index is 1.85. The number of piperidine rings is 1. The topological polar surface area (TPSA) is 58.4 Å². The van der Waals surface area contributed by atoms with Crippen molar-refractivity contribution in [2.45, 2.75) is 32.0 Å². The molecule has 1 aliphatic rings. The molecule has 2 atom stereocenters. The minimum Gasteiger partial charge on any atom is -0.360 e. The van der Waals surface area contributed by atoms with E-state index in [4.69, 9.17) is 4.52 Å². The van der Waals surface area contributed by atoms with Gasteiger partial charge in [0.1, 0.15) is 11.8 Å². The lowest BCUT2D eigenvalue weighted by atomic mass is 9.94. The number of alkyl halides is 3. The lowest BCUT2D eigenvalue weighted by molar-refractivity contribution is -0.189. The molecule has 1 fully saturated rings. The van der Waals surface area contributed by atoms with Gasteiger partial charge >= 0.3 is 6.18 Å². The molecule has 1 aromatic heterocycles. The first kappa shape index (κ1) is 18.4. The summed E-state index contributed by atoms with van der Waals surface area (Å²) >= 11 is 0. The Labute approximate surface area is 149 Å². The Bertz CT molecular complexity index is 746. The molecule has 0 bridgehead atoms. The molecule has 1 N–H and O–H groups in total. The van der Waals surface area contributed by atoms with E-state index in [9.17, 15) is 18.0 Å². The second kappa shape index (κ2) is 7.49. The number of hydrogen-bond acceptors (Lipinski definition) is 4. The summed E-state index contributed by atoms with van der Waals surface area (Å²) in [5.41, 5.74) is 0.646. The summed E-state index contributed by atoms with van der Waals surface area (Å²) in [6.45, 7) is 1.92. The maximum absolute atomic E-state index is 13.2. The van der Waals surface area contributed by atoms with Crippen LogP contribution in [0.25, 0.3) is 0 Å². The van der Waals surface area contributed by atoms with E-state index in [2.05, 4.69) is 10.5 Å². The largest absolute Gasteiger partial charge is 0.393 e. The summed E-state index contributed by atoms with van der Waals surface area (Å²) in [6, 6.07) is 9.56. The fourth-order valence-electron chi connectivity index (χ4n) is 3.29. The zero-order valence-electron chi connectivity index (χ0n) is 14.3. The number of nitrogens with one attached hydrogen (secondary N) is 1. The van der Waals surface area contributed by atoms with E-state index in [1.807, 2.05) is 0 Å². The molecule has 0 unspecified atom stereocenters. The molecule has 0 saturated carbocycles. The smallest absolute Gasteiger partial charge is 0.360 e. The number of hydrogen-bond donors (Lipinski definition) is 1. The maximum atomic E-state index is 13.2. The lowest BCUT2D eigenvalue weighted by Gasteiger charge is -2.38. The van der Waals surface area contributed by atoms with Gasteiger partial charge in [-0.05, 0) is 31.9 Å². The van der Waals surface area contributed by atoms with E-state index < -0.39 is 24.0 Å². The average molecular weight is 367 g/mol. The number of likely N-dealkylation sites (tertiary alicyclic amines) is 1. The van der Waals surface area contributed by atoms with Gasteiger partial charge in [-0.25, -0.2) is 0 Å². The number of carbonyl (C=O) groups excluding carboxylic acids is 1. The predicted molar refractivity (Wildman–Crippen MR) is 89.4 cm³/mol. The third-order valence-corrected chi connectivity index (χ3v) is 4.52. The molecule has 2 heterocycles. The molecule has 1 aliphatic heterocycles. The number of amides is 1. The van der Waals surface area contributed by atoms with Crippen molar-refractivity contribution in [1.29, 1.82) is 0 Å². The Kier molecular flexibility index (Phi) is 5.31. The summed E-state index contributed by atoms with van der Waals surface area (Å²) in [5, 5.41) is 6.37. The lowest BCUT2D eigenvalue weighted by Crippen LogP contribution is -2.46. The van der Waals surface area contributed by atoms with Crippen molar-refractivity contribution in [3.05, 3.63) is 47.7 Å². The summed E-state index contributed by atoms with van der Waals surface area (Å²) < 4.78 is 44.5. The first-order valence-corrected chi connectivity index (χ1v) is 8.44. The van der Waals surface area contributed by atoms with Crippen molar-refractivity contribution < 1.29 is 22.5 Å². The number of anilines is 1. The Hall–Kier alpha value is -2.35. The van der Waals surface area contributed by atoms with Crippen molar-refractivity contribution in [2.24, 2.45) is 5.92 Å². The van der Waals surface area contributed by atoms with Gasteiger partial charge in [-0.15, -0.1) is 0 Å². The number of rotatable bonds is 4. The van der Waals surface area contributed by atoms with Crippen molar-refractivity contribution in [2.75, 3.05) is 18.4 Å². The molecule has 1 saturated heterocycles. The SMILES string of the molecule is Cc1cc(NC(=O)[C@H](c2ccccc2)N2CCC[C@@H](C(F)(F)F)C2)no1. The van der Waals surface area contributed by atoms with Crippen LogP contribution in [0, 0.1) is 12.8 Å².